The summed E-state index contributed by atoms with van der Waals surface area (Å²) in [5.41, 5.74) is 0.916. The van der Waals surface area contributed by atoms with Gasteiger partial charge in [0.15, 0.2) is 0 Å². The Morgan fingerprint density at radius 3 is 2.43 bits per heavy atom. The summed E-state index contributed by atoms with van der Waals surface area (Å²) >= 11 is 5.85. The van der Waals surface area contributed by atoms with Crippen molar-refractivity contribution >= 4 is 27.5 Å². The monoisotopic (exact) mass is 422 g/mol. The molecule has 1 aliphatic heterocycles. The summed E-state index contributed by atoms with van der Waals surface area (Å²) in [4.78, 5) is 13.0. The lowest BCUT2D eigenvalue weighted by Crippen LogP contribution is -2.46. The van der Waals surface area contributed by atoms with E-state index < -0.39 is 16.1 Å². The lowest BCUT2D eigenvalue weighted by Gasteiger charge is -2.25. The Kier molecular flexibility index (Phi) is 6.27. The van der Waals surface area contributed by atoms with E-state index in [4.69, 9.17) is 16.3 Å². The zero-order valence-corrected chi connectivity index (χ0v) is 17.3. The fourth-order valence-electron chi connectivity index (χ4n) is 3.32. The maximum Gasteiger partial charge on any atom is 0.243 e. The number of methoxy groups -OCH3 is 1. The molecule has 1 fully saturated rings. The van der Waals surface area contributed by atoms with Gasteiger partial charge in [0.25, 0.3) is 0 Å². The molecule has 1 N–H and O–H groups in total. The van der Waals surface area contributed by atoms with E-state index in [1.165, 1.54) is 28.6 Å². The molecule has 6 nitrogen and oxygen atoms in total. The zero-order valence-electron chi connectivity index (χ0n) is 15.8. The van der Waals surface area contributed by atoms with E-state index >= 15 is 0 Å². The highest BCUT2D eigenvalue weighted by molar-refractivity contribution is 7.89. The molecule has 2 atom stereocenters. The van der Waals surface area contributed by atoms with Gasteiger partial charge in [-0.2, -0.15) is 4.31 Å². The SMILES string of the molecule is COc1ccc([C@@H](C)NC(=O)[C@H]2CCCN2S(=O)(=O)c2ccc(Cl)cc2)cc1. The van der Waals surface area contributed by atoms with E-state index in [0.29, 0.717) is 24.4 Å². The molecule has 3 rings (SSSR count). The number of sulfonamides is 1. The highest BCUT2D eigenvalue weighted by Gasteiger charge is 2.39. The lowest BCUT2D eigenvalue weighted by atomic mass is 10.1. The largest absolute Gasteiger partial charge is 0.497 e. The van der Waals surface area contributed by atoms with Crippen LogP contribution in [0.2, 0.25) is 5.02 Å². The zero-order chi connectivity index (χ0) is 20.3. The minimum absolute atomic E-state index is 0.139. The predicted molar refractivity (Wildman–Crippen MR) is 108 cm³/mol. The van der Waals surface area contributed by atoms with E-state index in [9.17, 15) is 13.2 Å². The first-order valence-electron chi connectivity index (χ1n) is 9.04. The van der Waals surface area contributed by atoms with Crippen LogP contribution in [-0.4, -0.2) is 38.3 Å². The van der Waals surface area contributed by atoms with Crippen molar-refractivity contribution in [3.63, 3.8) is 0 Å². The molecule has 2 aromatic carbocycles. The van der Waals surface area contributed by atoms with Crippen LogP contribution in [0.3, 0.4) is 0 Å². The Hall–Kier alpha value is -2.09. The van der Waals surface area contributed by atoms with Crippen LogP contribution in [-0.2, 0) is 14.8 Å². The molecule has 0 aromatic heterocycles. The van der Waals surface area contributed by atoms with Gasteiger partial charge in [-0.25, -0.2) is 8.42 Å². The first-order chi connectivity index (χ1) is 13.3. The van der Waals surface area contributed by atoms with Crippen molar-refractivity contribution in [1.29, 1.82) is 0 Å². The maximum absolute atomic E-state index is 13.0. The molecular weight excluding hydrogens is 400 g/mol. The van der Waals surface area contributed by atoms with Crippen LogP contribution in [0.25, 0.3) is 0 Å². The molecule has 0 spiro atoms. The number of ether oxygens (including phenoxy) is 1. The minimum Gasteiger partial charge on any atom is -0.497 e. The summed E-state index contributed by atoms with van der Waals surface area (Å²) in [5.74, 6) is 0.441. The van der Waals surface area contributed by atoms with Gasteiger partial charge in [-0.05, 0) is 61.7 Å². The standard InChI is InChI=1S/C20H23ClN2O4S/c1-14(15-5-9-17(27-2)10-6-15)22-20(24)19-4-3-13-23(19)28(25,26)18-11-7-16(21)8-12-18/h5-12,14,19H,3-4,13H2,1-2H3,(H,22,24)/t14-,19-/m1/s1. The average molecular weight is 423 g/mol. The van der Waals surface area contributed by atoms with Crippen molar-refractivity contribution in [2.45, 2.75) is 36.7 Å². The van der Waals surface area contributed by atoms with Gasteiger partial charge in [0.1, 0.15) is 11.8 Å². The number of benzene rings is 2. The lowest BCUT2D eigenvalue weighted by molar-refractivity contribution is -0.124. The van der Waals surface area contributed by atoms with E-state index in [1.54, 1.807) is 7.11 Å². The van der Waals surface area contributed by atoms with Gasteiger partial charge in [-0.15, -0.1) is 0 Å². The van der Waals surface area contributed by atoms with Crippen LogP contribution in [0.1, 0.15) is 31.4 Å². The Morgan fingerprint density at radius 2 is 1.82 bits per heavy atom. The summed E-state index contributed by atoms with van der Waals surface area (Å²) in [6.45, 7) is 2.19. The van der Waals surface area contributed by atoms with E-state index in [-0.39, 0.29) is 16.8 Å². The summed E-state index contributed by atoms with van der Waals surface area (Å²) < 4.78 is 32.4. The van der Waals surface area contributed by atoms with Crippen molar-refractivity contribution in [2.24, 2.45) is 0 Å². The normalized spacial score (nSPS) is 18.6. The van der Waals surface area contributed by atoms with E-state index in [0.717, 1.165) is 11.3 Å². The van der Waals surface area contributed by atoms with Crippen molar-refractivity contribution in [1.82, 2.24) is 9.62 Å². The van der Waals surface area contributed by atoms with Gasteiger partial charge in [-0.1, -0.05) is 23.7 Å². The molecule has 1 aliphatic rings. The van der Waals surface area contributed by atoms with Gasteiger partial charge in [0.2, 0.25) is 15.9 Å². The van der Waals surface area contributed by atoms with Crippen molar-refractivity contribution in [2.75, 3.05) is 13.7 Å². The second-order valence-electron chi connectivity index (χ2n) is 6.73. The molecule has 1 heterocycles. The number of hydrogen-bond acceptors (Lipinski definition) is 4. The number of amides is 1. The number of nitrogens with one attached hydrogen (secondary N) is 1. The molecule has 0 unspecified atom stereocenters. The van der Waals surface area contributed by atoms with Crippen LogP contribution in [0.15, 0.2) is 53.4 Å². The summed E-state index contributed by atoms with van der Waals surface area (Å²) in [6, 6.07) is 12.4. The third-order valence-electron chi connectivity index (χ3n) is 4.90. The number of halogens is 1. The molecule has 0 bridgehead atoms. The van der Waals surface area contributed by atoms with Gasteiger partial charge in [0.05, 0.1) is 18.0 Å². The van der Waals surface area contributed by atoms with Crippen LogP contribution < -0.4 is 10.1 Å². The molecule has 150 valence electrons. The summed E-state index contributed by atoms with van der Waals surface area (Å²) in [5, 5.41) is 3.39. The third-order valence-corrected chi connectivity index (χ3v) is 7.08. The van der Waals surface area contributed by atoms with Crippen molar-refractivity contribution in [3.8, 4) is 5.75 Å². The first-order valence-corrected chi connectivity index (χ1v) is 10.9. The Balaban J connectivity index is 1.74. The van der Waals surface area contributed by atoms with Gasteiger partial charge in [0, 0.05) is 11.6 Å². The van der Waals surface area contributed by atoms with Crippen molar-refractivity contribution in [3.05, 3.63) is 59.1 Å². The number of nitrogens with zero attached hydrogens (tertiary/aromatic N) is 1. The highest BCUT2D eigenvalue weighted by Crippen LogP contribution is 2.28. The maximum atomic E-state index is 13.0. The highest BCUT2D eigenvalue weighted by atomic mass is 35.5. The average Bonchev–Trinajstić information content (AvgIpc) is 3.19. The Labute approximate surface area is 170 Å². The van der Waals surface area contributed by atoms with Gasteiger partial charge >= 0.3 is 0 Å². The van der Waals surface area contributed by atoms with Crippen molar-refractivity contribution < 1.29 is 17.9 Å². The van der Waals surface area contributed by atoms with Crippen LogP contribution in [0, 0.1) is 0 Å². The van der Waals surface area contributed by atoms with E-state index in [2.05, 4.69) is 5.32 Å². The third kappa shape index (κ3) is 4.32. The predicted octanol–water partition coefficient (Wildman–Crippen LogP) is 3.38. The second kappa shape index (κ2) is 8.51. The van der Waals surface area contributed by atoms with Crippen LogP contribution in [0.5, 0.6) is 5.75 Å². The molecule has 28 heavy (non-hydrogen) atoms. The Bertz CT molecular complexity index is 930. The Morgan fingerprint density at radius 1 is 1.18 bits per heavy atom. The fraction of sp³-hybridized carbons (Fsp3) is 0.350. The number of hydrogen-bond donors (Lipinski definition) is 1. The summed E-state index contributed by atoms with van der Waals surface area (Å²) in [6.07, 6.45) is 1.13. The number of carbonyl (C=O) groups excluding carboxylic acids is 1. The summed E-state index contributed by atoms with van der Waals surface area (Å²) in [7, 11) is -2.17. The second-order valence-corrected chi connectivity index (χ2v) is 9.06. The molecule has 2 aromatic rings. The molecular formula is C20H23ClN2O4S. The van der Waals surface area contributed by atoms with Gasteiger partial charge < -0.3 is 10.1 Å². The number of rotatable bonds is 6. The fourth-order valence-corrected chi connectivity index (χ4v) is 5.10. The molecule has 0 aliphatic carbocycles. The first kappa shape index (κ1) is 20.6. The van der Waals surface area contributed by atoms with Gasteiger partial charge in [-0.3, -0.25) is 4.79 Å². The van der Waals surface area contributed by atoms with E-state index in [1.807, 2.05) is 31.2 Å². The quantitative estimate of drug-likeness (QED) is 0.774. The minimum atomic E-state index is -3.76. The molecule has 1 amide bonds. The van der Waals surface area contributed by atoms with Crippen LogP contribution >= 0.6 is 11.6 Å². The molecule has 0 radical (unpaired) electrons. The molecule has 8 heteroatoms. The smallest absolute Gasteiger partial charge is 0.243 e. The number of carbonyl (C=O) groups is 1. The molecule has 0 saturated carbocycles. The topological polar surface area (TPSA) is 75.7 Å². The molecule has 1 saturated heterocycles. The van der Waals surface area contributed by atoms with Crippen LogP contribution in [0.4, 0.5) is 0 Å².